The maximum Gasteiger partial charge on any atom is 0.120 e. The van der Waals surface area contributed by atoms with Gasteiger partial charge in [0.2, 0.25) is 0 Å². The van der Waals surface area contributed by atoms with Crippen molar-refractivity contribution in [3.63, 3.8) is 0 Å². The molecule has 88 valence electrons. The van der Waals surface area contributed by atoms with Gasteiger partial charge >= 0.3 is 0 Å². The Morgan fingerprint density at radius 1 is 1.31 bits per heavy atom. The molecule has 0 fully saturated rings. The fourth-order valence-corrected chi connectivity index (χ4v) is 1.57. The average Bonchev–Trinajstić information content (AvgIpc) is 2.16. The Morgan fingerprint density at radius 3 is 2.38 bits per heavy atom. The molecule has 1 aromatic rings. The molecule has 0 bridgehead atoms. The van der Waals surface area contributed by atoms with Crippen molar-refractivity contribution in [2.75, 3.05) is 0 Å². The van der Waals surface area contributed by atoms with Crippen molar-refractivity contribution in [2.45, 2.75) is 33.8 Å². The normalized spacial score (nSPS) is 12.6. The van der Waals surface area contributed by atoms with Gasteiger partial charge in [0.25, 0.3) is 0 Å². The van der Waals surface area contributed by atoms with Gasteiger partial charge in [-0.25, -0.2) is 0 Å². The summed E-state index contributed by atoms with van der Waals surface area (Å²) < 4.78 is 5.81. The minimum Gasteiger partial charge on any atom is -0.490 e. The van der Waals surface area contributed by atoms with E-state index in [0.717, 1.165) is 16.9 Å². The summed E-state index contributed by atoms with van der Waals surface area (Å²) in [4.78, 5) is 0.431. The monoisotopic (exact) mass is 237 g/mol. The lowest BCUT2D eigenvalue weighted by molar-refractivity contribution is 0.170. The standard InChI is InChI=1S/C13H19NOS/c1-8(2)10(4)15-11-5-6-12(13(14)16)9(3)7-11/h5-8,10H,1-4H3,(H2,14,16). The van der Waals surface area contributed by atoms with E-state index in [4.69, 9.17) is 22.7 Å². The van der Waals surface area contributed by atoms with Crippen LogP contribution in [0.25, 0.3) is 0 Å². The van der Waals surface area contributed by atoms with Crippen LogP contribution in [0.4, 0.5) is 0 Å². The van der Waals surface area contributed by atoms with Crippen LogP contribution in [0.1, 0.15) is 31.9 Å². The van der Waals surface area contributed by atoms with Crippen molar-refractivity contribution in [1.82, 2.24) is 0 Å². The van der Waals surface area contributed by atoms with E-state index >= 15 is 0 Å². The van der Waals surface area contributed by atoms with Gasteiger partial charge in [0.1, 0.15) is 10.7 Å². The van der Waals surface area contributed by atoms with Crippen LogP contribution in [0.15, 0.2) is 18.2 Å². The van der Waals surface area contributed by atoms with Crippen LogP contribution in [-0.2, 0) is 0 Å². The van der Waals surface area contributed by atoms with Gasteiger partial charge in [-0.1, -0.05) is 26.1 Å². The molecule has 2 N–H and O–H groups in total. The second-order valence-electron chi connectivity index (χ2n) is 4.41. The second kappa shape index (κ2) is 5.30. The Bertz CT molecular complexity index is 388. The zero-order chi connectivity index (χ0) is 12.3. The molecule has 1 aromatic carbocycles. The molecule has 0 amide bonds. The molecule has 0 radical (unpaired) electrons. The molecule has 0 aliphatic rings. The number of benzene rings is 1. The highest BCUT2D eigenvalue weighted by Crippen LogP contribution is 2.20. The minimum atomic E-state index is 0.204. The number of ether oxygens (including phenoxy) is 1. The number of hydrogen-bond acceptors (Lipinski definition) is 2. The molecule has 0 aliphatic carbocycles. The molecular formula is C13H19NOS. The molecule has 3 heteroatoms. The fourth-order valence-electron chi connectivity index (χ4n) is 1.34. The zero-order valence-corrected chi connectivity index (χ0v) is 11.1. The fraction of sp³-hybridized carbons (Fsp3) is 0.462. The lowest BCUT2D eigenvalue weighted by atomic mass is 10.1. The van der Waals surface area contributed by atoms with E-state index < -0.39 is 0 Å². The van der Waals surface area contributed by atoms with Crippen molar-refractivity contribution < 1.29 is 4.74 Å². The van der Waals surface area contributed by atoms with Crippen molar-refractivity contribution in [1.29, 1.82) is 0 Å². The number of nitrogens with two attached hydrogens (primary N) is 1. The van der Waals surface area contributed by atoms with Gasteiger partial charge in [-0.3, -0.25) is 0 Å². The van der Waals surface area contributed by atoms with Crippen molar-refractivity contribution in [2.24, 2.45) is 11.7 Å². The summed E-state index contributed by atoms with van der Waals surface area (Å²) in [6.45, 7) is 8.34. The van der Waals surface area contributed by atoms with E-state index in [1.165, 1.54) is 0 Å². The lowest BCUT2D eigenvalue weighted by Gasteiger charge is -2.18. The Morgan fingerprint density at radius 2 is 1.94 bits per heavy atom. The van der Waals surface area contributed by atoms with Gasteiger partial charge in [0, 0.05) is 5.56 Å². The summed E-state index contributed by atoms with van der Waals surface area (Å²) in [5, 5.41) is 0. The predicted molar refractivity (Wildman–Crippen MR) is 72.0 cm³/mol. The Balaban J connectivity index is 2.85. The van der Waals surface area contributed by atoms with Gasteiger partial charge in [-0.15, -0.1) is 0 Å². The summed E-state index contributed by atoms with van der Waals surface area (Å²) in [7, 11) is 0. The quantitative estimate of drug-likeness (QED) is 0.817. The summed E-state index contributed by atoms with van der Waals surface area (Å²) >= 11 is 4.96. The van der Waals surface area contributed by atoms with Gasteiger partial charge in [-0.05, 0) is 43.5 Å². The van der Waals surface area contributed by atoms with Crippen molar-refractivity contribution in [3.8, 4) is 5.75 Å². The number of hydrogen-bond donors (Lipinski definition) is 1. The first-order valence-electron chi connectivity index (χ1n) is 5.49. The van der Waals surface area contributed by atoms with Gasteiger partial charge in [0.15, 0.2) is 0 Å². The highest BCUT2D eigenvalue weighted by atomic mass is 32.1. The third-order valence-corrected chi connectivity index (χ3v) is 2.94. The molecule has 0 heterocycles. The average molecular weight is 237 g/mol. The van der Waals surface area contributed by atoms with E-state index in [9.17, 15) is 0 Å². The van der Waals surface area contributed by atoms with Crippen LogP contribution < -0.4 is 10.5 Å². The van der Waals surface area contributed by atoms with E-state index in [1.54, 1.807) is 0 Å². The number of thiocarbonyl (C=S) groups is 1. The zero-order valence-electron chi connectivity index (χ0n) is 10.3. The summed E-state index contributed by atoms with van der Waals surface area (Å²) in [5.41, 5.74) is 7.58. The van der Waals surface area contributed by atoms with E-state index in [2.05, 4.69) is 20.8 Å². The molecule has 0 spiro atoms. The van der Waals surface area contributed by atoms with Gasteiger partial charge in [0.05, 0.1) is 6.10 Å². The molecule has 0 saturated heterocycles. The van der Waals surface area contributed by atoms with Crippen LogP contribution in [0, 0.1) is 12.8 Å². The second-order valence-corrected chi connectivity index (χ2v) is 4.85. The van der Waals surface area contributed by atoms with Crippen LogP contribution in [0.3, 0.4) is 0 Å². The van der Waals surface area contributed by atoms with Crippen LogP contribution >= 0.6 is 12.2 Å². The molecule has 0 aliphatic heterocycles. The minimum absolute atomic E-state index is 0.204. The molecule has 1 atom stereocenters. The lowest BCUT2D eigenvalue weighted by Crippen LogP contribution is -2.19. The van der Waals surface area contributed by atoms with E-state index in [0.29, 0.717) is 10.9 Å². The largest absolute Gasteiger partial charge is 0.490 e. The molecule has 0 saturated carbocycles. The molecule has 1 rings (SSSR count). The Kier molecular flexibility index (Phi) is 4.30. The molecule has 16 heavy (non-hydrogen) atoms. The topological polar surface area (TPSA) is 35.2 Å². The van der Waals surface area contributed by atoms with Crippen LogP contribution in [-0.4, -0.2) is 11.1 Å². The molecular weight excluding hydrogens is 218 g/mol. The van der Waals surface area contributed by atoms with E-state index in [-0.39, 0.29) is 6.10 Å². The predicted octanol–water partition coefficient (Wildman–Crippen LogP) is 3.05. The first-order valence-corrected chi connectivity index (χ1v) is 5.89. The first kappa shape index (κ1) is 13.0. The number of rotatable bonds is 4. The smallest absolute Gasteiger partial charge is 0.120 e. The van der Waals surface area contributed by atoms with Crippen LogP contribution in [0.2, 0.25) is 0 Å². The third-order valence-electron chi connectivity index (χ3n) is 2.72. The summed E-state index contributed by atoms with van der Waals surface area (Å²) in [5.74, 6) is 1.37. The highest BCUT2D eigenvalue weighted by Gasteiger charge is 2.09. The third kappa shape index (κ3) is 3.20. The van der Waals surface area contributed by atoms with E-state index in [1.807, 2.05) is 25.1 Å². The first-order chi connectivity index (χ1) is 7.41. The summed E-state index contributed by atoms with van der Waals surface area (Å²) in [6, 6.07) is 5.81. The van der Waals surface area contributed by atoms with Gasteiger partial charge in [-0.2, -0.15) is 0 Å². The highest BCUT2D eigenvalue weighted by molar-refractivity contribution is 7.80. The maximum atomic E-state index is 5.81. The van der Waals surface area contributed by atoms with Gasteiger partial charge < -0.3 is 10.5 Å². The van der Waals surface area contributed by atoms with Crippen LogP contribution in [0.5, 0.6) is 5.75 Å². The van der Waals surface area contributed by atoms with Crippen molar-refractivity contribution >= 4 is 17.2 Å². The van der Waals surface area contributed by atoms with Crippen molar-refractivity contribution in [3.05, 3.63) is 29.3 Å². The SMILES string of the molecule is Cc1cc(OC(C)C(C)C)ccc1C(N)=S. The Hall–Kier alpha value is -1.09. The maximum absolute atomic E-state index is 5.81. The molecule has 1 unspecified atom stereocenters. The number of aryl methyl sites for hydroxylation is 1. The Labute approximate surface area is 103 Å². The summed E-state index contributed by atoms with van der Waals surface area (Å²) in [6.07, 6.45) is 0.204. The molecule has 0 aromatic heterocycles. The molecule has 2 nitrogen and oxygen atoms in total.